The maximum Gasteiger partial charge on any atom is 0.411 e. The molecular weight excluding hydrogens is 264 g/mol. The van der Waals surface area contributed by atoms with E-state index in [-0.39, 0.29) is 12.2 Å². The van der Waals surface area contributed by atoms with Crippen molar-refractivity contribution in [3.05, 3.63) is 29.8 Å². The van der Waals surface area contributed by atoms with Crippen LogP contribution in [0.1, 0.15) is 38.7 Å². The van der Waals surface area contributed by atoms with Gasteiger partial charge in [0.2, 0.25) is 0 Å². The molecular formula is C17H26N2O2. The van der Waals surface area contributed by atoms with Crippen molar-refractivity contribution in [2.24, 2.45) is 0 Å². The first-order valence-electron chi connectivity index (χ1n) is 7.97. The monoisotopic (exact) mass is 290 g/mol. The molecule has 4 heteroatoms. The fourth-order valence-electron chi connectivity index (χ4n) is 2.82. The maximum absolute atomic E-state index is 12.0. The molecule has 0 spiro atoms. The third kappa shape index (κ3) is 5.05. The van der Waals surface area contributed by atoms with Crippen molar-refractivity contribution in [2.75, 3.05) is 25.0 Å². The molecule has 1 aromatic rings. The molecule has 116 valence electrons. The van der Waals surface area contributed by atoms with Gasteiger partial charge >= 0.3 is 6.09 Å². The highest BCUT2D eigenvalue weighted by Gasteiger charge is 2.16. The largest absolute Gasteiger partial charge is 0.445 e. The Labute approximate surface area is 127 Å². The minimum atomic E-state index is -0.361. The smallest absolute Gasteiger partial charge is 0.411 e. The van der Waals surface area contributed by atoms with Crippen molar-refractivity contribution in [2.45, 2.75) is 45.6 Å². The lowest BCUT2D eigenvalue weighted by molar-refractivity contribution is 0.0833. The van der Waals surface area contributed by atoms with E-state index in [1.165, 1.54) is 19.3 Å². The quantitative estimate of drug-likeness (QED) is 0.899. The zero-order valence-electron chi connectivity index (χ0n) is 13.1. The van der Waals surface area contributed by atoms with Crippen molar-refractivity contribution in [1.82, 2.24) is 4.90 Å². The van der Waals surface area contributed by atoms with Gasteiger partial charge < -0.3 is 4.74 Å². The minimum absolute atomic E-state index is 0.0862. The van der Waals surface area contributed by atoms with Gasteiger partial charge in [0, 0.05) is 12.2 Å². The summed E-state index contributed by atoms with van der Waals surface area (Å²) in [7, 11) is 0. The summed E-state index contributed by atoms with van der Waals surface area (Å²) < 4.78 is 5.46. The number of hydrogen-bond acceptors (Lipinski definition) is 3. The van der Waals surface area contributed by atoms with E-state index >= 15 is 0 Å². The number of para-hydroxylation sites is 1. The molecule has 1 heterocycles. The van der Waals surface area contributed by atoms with Gasteiger partial charge in [0.15, 0.2) is 0 Å². The number of benzene rings is 1. The van der Waals surface area contributed by atoms with Gasteiger partial charge in [-0.25, -0.2) is 4.79 Å². The average molecular weight is 290 g/mol. The van der Waals surface area contributed by atoms with Gasteiger partial charge in [-0.3, -0.25) is 10.2 Å². The van der Waals surface area contributed by atoms with E-state index in [1.807, 2.05) is 31.2 Å². The molecule has 1 aliphatic rings. The first-order chi connectivity index (χ1) is 10.2. The molecule has 21 heavy (non-hydrogen) atoms. The Morgan fingerprint density at radius 3 is 2.71 bits per heavy atom. The highest BCUT2D eigenvalue weighted by molar-refractivity contribution is 5.85. The number of carbonyl (C=O) groups is 1. The van der Waals surface area contributed by atoms with Crippen molar-refractivity contribution < 1.29 is 9.53 Å². The third-order valence-electron chi connectivity index (χ3n) is 3.91. The van der Waals surface area contributed by atoms with Gasteiger partial charge in [0.05, 0.1) is 0 Å². The van der Waals surface area contributed by atoms with Crippen LogP contribution in [-0.4, -0.2) is 36.7 Å². The van der Waals surface area contributed by atoms with E-state index < -0.39 is 0 Å². The Hall–Kier alpha value is -1.55. The summed E-state index contributed by atoms with van der Waals surface area (Å²) in [6.45, 7) is 7.09. The number of rotatable bonds is 5. The summed E-state index contributed by atoms with van der Waals surface area (Å²) in [5.41, 5.74) is 1.97. The van der Waals surface area contributed by atoms with E-state index in [9.17, 15) is 4.79 Å². The van der Waals surface area contributed by atoms with Gasteiger partial charge in [-0.2, -0.15) is 0 Å². The number of anilines is 1. The van der Waals surface area contributed by atoms with Crippen LogP contribution < -0.4 is 5.32 Å². The fourth-order valence-corrected chi connectivity index (χ4v) is 2.82. The zero-order chi connectivity index (χ0) is 15.1. The van der Waals surface area contributed by atoms with Crippen LogP contribution in [0.3, 0.4) is 0 Å². The van der Waals surface area contributed by atoms with Crippen LogP contribution in [0.15, 0.2) is 24.3 Å². The molecule has 0 saturated carbocycles. The van der Waals surface area contributed by atoms with E-state index in [2.05, 4.69) is 17.1 Å². The van der Waals surface area contributed by atoms with Crippen LogP contribution in [0.2, 0.25) is 0 Å². The van der Waals surface area contributed by atoms with Crippen LogP contribution >= 0.6 is 0 Å². The summed E-state index contributed by atoms with van der Waals surface area (Å²) in [6.07, 6.45) is 4.27. The predicted molar refractivity (Wildman–Crippen MR) is 85.7 cm³/mol. The van der Waals surface area contributed by atoms with Gasteiger partial charge in [-0.15, -0.1) is 0 Å². The zero-order valence-corrected chi connectivity index (χ0v) is 13.1. The first-order valence-corrected chi connectivity index (χ1v) is 7.97. The number of carbonyl (C=O) groups excluding carboxylic acids is 1. The Kier molecular flexibility index (Phi) is 6.05. The number of nitrogens with one attached hydrogen (secondary N) is 1. The van der Waals surface area contributed by atoms with Crippen molar-refractivity contribution in [3.8, 4) is 0 Å². The summed E-state index contributed by atoms with van der Waals surface area (Å²) >= 11 is 0. The molecule has 1 aromatic carbocycles. The number of ether oxygens (including phenoxy) is 1. The average Bonchev–Trinajstić information content (AvgIpc) is 2.48. The Morgan fingerprint density at radius 1 is 1.29 bits per heavy atom. The summed E-state index contributed by atoms with van der Waals surface area (Å²) in [4.78, 5) is 14.4. The summed E-state index contributed by atoms with van der Waals surface area (Å²) in [5.74, 6) is 0. The molecule has 0 aromatic heterocycles. The van der Waals surface area contributed by atoms with Gasteiger partial charge in [0.1, 0.15) is 6.10 Å². The molecule has 1 amide bonds. The standard InChI is InChI=1S/C17H26N2O2/c1-3-15-9-5-6-10-16(15)18-17(20)21-14(2)13-19-11-7-4-8-12-19/h5-6,9-10,14H,3-4,7-8,11-13H2,1-2H3,(H,18,20)/t14-/m1/s1. The van der Waals surface area contributed by atoms with Gasteiger partial charge in [0.25, 0.3) is 0 Å². The molecule has 0 unspecified atom stereocenters. The number of hydrogen-bond donors (Lipinski definition) is 1. The molecule has 0 radical (unpaired) electrons. The van der Waals surface area contributed by atoms with Crippen molar-refractivity contribution in [1.29, 1.82) is 0 Å². The lowest BCUT2D eigenvalue weighted by Gasteiger charge is -2.28. The van der Waals surface area contributed by atoms with Crippen molar-refractivity contribution >= 4 is 11.8 Å². The molecule has 2 rings (SSSR count). The van der Waals surface area contributed by atoms with Crippen LogP contribution in [0, 0.1) is 0 Å². The summed E-state index contributed by atoms with van der Waals surface area (Å²) in [5, 5.41) is 2.85. The number of amides is 1. The SMILES string of the molecule is CCc1ccccc1NC(=O)O[C@H](C)CN1CCCCC1. The molecule has 1 saturated heterocycles. The second-order valence-corrected chi connectivity index (χ2v) is 5.71. The van der Waals surface area contributed by atoms with Crippen LogP contribution in [0.4, 0.5) is 10.5 Å². The second kappa shape index (κ2) is 8.03. The first kappa shape index (κ1) is 15.8. The van der Waals surface area contributed by atoms with E-state index in [1.54, 1.807) is 0 Å². The predicted octanol–water partition coefficient (Wildman–Crippen LogP) is 3.67. The molecule has 0 aliphatic carbocycles. The number of piperidine rings is 1. The van der Waals surface area contributed by atoms with Crippen molar-refractivity contribution in [3.63, 3.8) is 0 Å². The Balaban J connectivity index is 1.80. The molecule has 1 N–H and O–H groups in total. The number of nitrogens with zero attached hydrogens (tertiary/aromatic N) is 1. The molecule has 1 atom stereocenters. The normalized spacial score (nSPS) is 17.2. The lowest BCUT2D eigenvalue weighted by atomic mass is 10.1. The van der Waals surface area contributed by atoms with E-state index in [4.69, 9.17) is 4.74 Å². The van der Waals surface area contributed by atoms with Gasteiger partial charge in [-0.05, 0) is 50.9 Å². The molecule has 1 aliphatic heterocycles. The summed E-state index contributed by atoms with van der Waals surface area (Å²) in [6, 6.07) is 7.84. The number of likely N-dealkylation sites (tertiary alicyclic amines) is 1. The molecule has 4 nitrogen and oxygen atoms in total. The highest BCUT2D eigenvalue weighted by atomic mass is 16.6. The Bertz CT molecular complexity index is 456. The van der Waals surface area contributed by atoms with Gasteiger partial charge in [-0.1, -0.05) is 31.5 Å². The highest BCUT2D eigenvalue weighted by Crippen LogP contribution is 2.16. The number of aryl methyl sites for hydroxylation is 1. The van der Waals surface area contributed by atoms with E-state index in [0.717, 1.165) is 37.3 Å². The lowest BCUT2D eigenvalue weighted by Crippen LogP contribution is -2.37. The minimum Gasteiger partial charge on any atom is -0.445 e. The second-order valence-electron chi connectivity index (χ2n) is 5.71. The van der Waals surface area contributed by atoms with Crippen LogP contribution in [-0.2, 0) is 11.2 Å². The molecule has 1 fully saturated rings. The van der Waals surface area contributed by atoms with E-state index in [0.29, 0.717) is 0 Å². The van der Waals surface area contributed by atoms with Crippen LogP contribution in [0.5, 0.6) is 0 Å². The fraction of sp³-hybridized carbons (Fsp3) is 0.588. The van der Waals surface area contributed by atoms with Crippen LogP contribution in [0.25, 0.3) is 0 Å². The third-order valence-corrected chi connectivity index (χ3v) is 3.91. The maximum atomic E-state index is 12.0. The molecule has 0 bridgehead atoms. The topological polar surface area (TPSA) is 41.6 Å². The Morgan fingerprint density at radius 2 is 2.00 bits per heavy atom.